The van der Waals surface area contributed by atoms with Crippen molar-refractivity contribution in [2.24, 2.45) is 7.05 Å². The van der Waals surface area contributed by atoms with Crippen LogP contribution in [0.4, 0.5) is 0 Å². The number of aromatic nitrogens is 2. The average molecular weight is 152 g/mol. The molecule has 3 heteroatoms. The van der Waals surface area contributed by atoms with E-state index in [0.29, 0.717) is 5.92 Å². The molecule has 1 aromatic rings. The lowest BCUT2D eigenvalue weighted by atomic mass is 10.0. The first-order valence-corrected chi connectivity index (χ1v) is 3.92. The average Bonchev–Trinajstić information content (AvgIpc) is 2.55. The van der Waals surface area contributed by atoms with Gasteiger partial charge in [-0.3, -0.25) is 4.68 Å². The van der Waals surface area contributed by atoms with Crippen LogP contribution in [-0.2, 0) is 11.8 Å². The molecule has 0 aliphatic carbocycles. The van der Waals surface area contributed by atoms with Crippen LogP contribution in [0.2, 0.25) is 0 Å². The Bertz CT molecular complexity index is 238. The van der Waals surface area contributed by atoms with Gasteiger partial charge < -0.3 is 4.74 Å². The molecule has 0 amide bonds. The number of hydrogen-bond donors (Lipinski definition) is 0. The minimum Gasteiger partial charge on any atom is -0.381 e. The second-order valence-corrected chi connectivity index (χ2v) is 3.01. The molecule has 0 aromatic carbocycles. The fourth-order valence-electron chi connectivity index (χ4n) is 1.45. The number of aryl methyl sites for hydroxylation is 1. The summed E-state index contributed by atoms with van der Waals surface area (Å²) >= 11 is 0. The van der Waals surface area contributed by atoms with Crippen LogP contribution in [0.15, 0.2) is 12.4 Å². The molecule has 0 N–H and O–H groups in total. The Balaban J connectivity index is 2.15. The normalized spacial score (nSPS) is 24.3. The first-order valence-electron chi connectivity index (χ1n) is 3.92. The lowest BCUT2D eigenvalue weighted by Gasteiger charge is -2.00. The van der Waals surface area contributed by atoms with Crippen molar-refractivity contribution >= 4 is 0 Å². The van der Waals surface area contributed by atoms with Crippen molar-refractivity contribution < 1.29 is 4.74 Å². The van der Waals surface area contributed by atoms with Crippen LogP contribution in [0.5, 0.6) is 0 Å². The lowest BCUT2D eigenvalue weighted by molar-refractivity contribution is 0.194. The van der Waals surface area contributed by atoms with Crippen LogP contribution in [0.25, 0.3) is 0 Å². The molecular formula is C8H12N2O. The molecule has 11 heavy (non-hydrogen) atoms. The molecule has 1 aromatic heterocycles. The molecule has 60 valence electrons. The van der Waals surface area contributed by atoms with Crippen molar-refractivity contribution in [2.75, 3.05) is 13.2 Å². The molecule has 1 saturated heterocycles. The van der Waals surface area contributed by atoms with Crippen LogP contribution in [0.3, 0.4) is 0 Å². The highest BCUT2D eigenvalue weighted by atomic mass is 16.5. The van der Waals surface area contributed by atoms with Gasteiger partial charge in [-0.25, -0.2) is 0 Å². The zero-order valence-electron chi connectivity index (χ0n) is 6.66. The summed E-state index contributed by atoms with van der Waals surface area (Å²) in [4.78, 5) is 0. The second-order valence-electron chi connectivity index (χ2n) is 3.01. The van der Waals surface area contributed by atoms with Gasteiger partial charge in [0.05, 0.1) is 12.8 Å². The summed E-state index contributed by atoms with van der Waals surface area (Å²) in [6.45, 7) is 1.77. The summed E-state index contributed by atoms with van der Waals surface area (Å²) in [6, 6.07) is 0. The van der Waals surface area contributed by atoms with Crippen LogP contribution < -0.4 is 0 Å². The summed E-state index contributed by atoms with van der Waals surface area (Å²) in [6.07, 6.45) is 5.14. The van der Waals surface area contributed by atoms with Crippen LogP contribution in [-0.4, -0.2) is 23.0 Å². The Morgan fingerprint density at radius 2 is 2.64 bits per heavy atom. The Hall–Kier alpha value is -0.830. The largest absolute Gasteiger partial charge is 0.381 e. The molecular weight excluding hydrogens is 140 g/mol. The van der Waals surface area contributed by atoms with E-state index in [2.05, 4.69) is 11.3 Å². The van der Waals surface area contributed by atoms with E-state index in [1.165, 1.54) is 5.56 Å². The standard InChI is InChI=1S/C8H12N2O/c1-10-5-8(4-9-10)7-2-3-11-6-7/h4-5,7H,2-3,6H2,1H3. The van der Waals surface area contributed by atoms with Crippen LogP contribution in [0.1, 0.15) is 17.9 Å². The van der Waals surface area contributed by atoms with Crippen LogP contribution >= 0.6 is 0 Å². The number of nitrogens with zero attached hydrogens (tertiary/aromatic N) is 2. The van der Waals surface area contributed by atoms with Crippen molar-refractivity contribution in [3.8, 4) is 0 Å². The van der Waals surface area contributed by atoms with Gasteiger partial charge >= 0.3 is 0 Å². The summed E-state index contributed by atoms with van der Waals surface area (Å²) < 4.78 is 7.12. The predicted molar refractivity (Wildman–Crippen MR) is 41.4 cm³/mol. The van der Waals surface area contributed by atoms with Gasteiger partial charge in [-0.15, -0.1) is 0 Å². The zero-order valence-corrected chi connectivity index (χ0v) is 6.66. The maximum atomic E-state index is 5.28. The molecule has 1 atom stereocenters. The number of rotatable bonds is 1. The predicted octanol–water partition coefficient (Wildman–Crippen LogP) is 0.924. The molecule has 1 aliphatic rings. The second kappa shape index (κ2) is 2.66. The molecule has 2 rings (SSSR count). The van der Waals surface area contributed by atoms with E-state index in [4.69, 9.17) is 4.74 Å². The molecule has 0 saturated carbocycles. The van der Waals surface area contributed by atoms with Crippen molar-refractivity contribution in [3.63, 3.8) is 0 Å². The van der Waals surface area contributed by atoms with Crippen molar-refractivity contribution in [2.45, 2.75) is 12.3 Å². The maximum Gasteiger partial charge on any atom is 0.0536 e. The minimum atomic E-state index is 0.587. The highest BCUT2D eigenvalue weighted by Gasteiger charge is 2.18. The van der Waals surface area contributed by atoms with Gasteiger partial charge in [0.2, 0.25) is 0 Å². The molecule has 1 fully saturated rings. The van der Waals surface area contributed by atoms with Crippen LogP contribution in [0, 0.1) is 0 Å². The Kier molecular flexibility index (Phi) is 1.66. The van der Waals surface area contributed by atoms with E-state index in [1.807, 2.05) is 17.9 Å². The molecule has 1 aliphatic heterocycles. The third kappa shape index (κ3) is 1.28. The van der Waals surface area contributed by atoms with Gasteiger partial charge in [0.25, 0.3) is 0 Å². The molecule has 1 unspecified atom stereocenters. The van der Waals surface area contributed by atoms with Gasteiger partial charge in [-0.05, 0) is 12.0 Å². The summed E-state index contributed by atoms with van der Waals surface area (Å²) in [5.74, 6) is 0.587. The first-order chi connectivity index (χ1) is 5.36. The fourth-order valence-corrected chi connectivity index (χ4v) is 1.45. The van der Waals surface area contributed by atoms with Crippen molar-refractivity contribution in [3.05, 3.63) is 18.0 Å². The van der Waals surface area contributed by atoms with E-state index in [-0.39, 0.29) is 0 Å². The quantitative estimate of drug-likeness (QED) is 0.598. The van der Waals surface area contributed by atoms with Gasteiger partial charge in [0, 0.05) is 25.8 Å². The van der Waals surface area contributed by atoms with Gasteiger partial charge in [0.15, 0.2) is 0 Å². The first kappa shape index (κ1) is 6.85. The third-order valence-corrected chi connectivity index (χ3v) is 2.13. The van der Waals surface area contributed by atoms with Crippen molar-refractivity contribution in [1.29, 1.82) is 0 Å². The molecule has 3 nitrogen and oxygen atoms in total. The van der Waals surface area contributed by atoms with Gasteiger partial charge in [-0.2, -0.15) is 5.10 Å². The Labute approximate surface area is 66.0 Å². The zero-order chi connectivity index (χ0) is 7.68. The minimum absolute atomic E-state index is 0.587. The smallest absolute Gasteiger partial charge is 0.0536 e. The van der Waals surface area contributed by atoms with Crippen molar-refractivity contribution in [1.82, 2.24) is 9.78 Å². The van der Waals surface area contributed by atoms with E-state index >= 15 is 0 Å². The highest BCUT2D eigenvalue weighted by molar-refractivity contribution is 5.12. The topological polar surface area (TPSA) is 27.1 Å². The molecule has 0 radical (unpaired) electrons. The maximum absolute atomic E-state index is 5.28. The molecule has 0 spiro atoms. The SMILES string of the molecule is Cn1cc(C2CCOC2)cn1. The van der Waals surface area contributed by atoms with Gasteiger partial charge in [0.1, 0.15) is 0 Å². The van der Waals surface area contributed by atoms with E-state index < -0.39 is 0 Å². The number of hydrogen-bond acceptors (Lipinski definition) is 2. The summed E-state index contributed by atoms with van der Waals surface area (Å²) in [7, 11) is 1.94. The van der Waals surface area contributed by atoms with Gasteiger partial charge in [-0.1, -0.05) is 0 Å². The number of ether oxygens (including phenoxy) is 1. The van der Waals surface area contributed by atoms with E-state index in [9.17, 15) is 0 Å². The summed E-state index contributed by atoms with van der Waals surface area (Å²) in [5.41, 5.74) is 1.31. The Morgan fingerprint density at radius 1 is 1.73 bits per heavy atom. The van der Waals surface area contributed by atoms with E-state index in [0.717, 1.165) is 19.6 Å². The van der Waals surface area contributed by atoms with E-state index in [1.54, 1.807) is 0 Å². The lowest BCUT2D eigenvalue weighted by Crippen LogP contribution is -1.95. The summed E-state index contributed by atoms with van der Waals surface area (Å²) in [5, 5.41) is 4.12. The Morgan fingerprint density at radius 3 is 3.18 bits per heavy atom. The molecule has 2 heterocycles. The fraction of sp³-hybridized carbons (Fsp3) is 0.625. The third-order valence-electron chi connectivity index (χ3n) is 2.13. The monoisotopic (exact) mass is 152 g/mol. The molecule has 0 bridgehead atoms. The highest BCUT2D eigenvalue weighted by Crippen LogP contribution is 2.23.